The Hall–Kier alpha value is -1.39. The third-order valence-corrected chi connectivity index (χ3v) is 6.23. The van der Waals surface area contributed by atoms with Crippen molar-refractivity contribution in [3.05, 3.63) is 35.9 Å². The molecule has 0 aliphatic carbocycles. The van der Waals surface area contributed by atoms with Gasteiger partial charge in [-0.3, -0.25) is 9.69 Å². The molecule has 1 atom stereocenters. The molecule has 27 heavy (non-hydrogen) atoms. The summed E-state index contributed by atoms with van der Waals surface area (Å²) in [6.07, 6.45) is 3.42. The maximum atomic E-state index is 13.0. The van der Waals surface area contributed by atoms with Gasteiger partial charge in [0.2, 0.25) is 5.91 Å². The van der Waals surface area contributed by atoms with Crippen molar-refractivity contribution in [1.82, 2.24) is 14.7 Å². The highest BCUT2D eigenvalue weighted by Gasteiger charge is 2.31. The van der Waals surface area contributed by atoms with Gasteiger partial charge in [0, 0.05) is 45.8 Å². The molecule has 150 valence electrons. The molecule has 1 unspecified atom stereocenters. The van der Waals surface area contributed by atoms with E-state index in [4.69, 9.17) is 0 Å². The van der Waals surface area contributed by atoms with Crippen LogP contribution in [0.5, 0.6) is 0 Å². The quantitative estimate of drug-likeness (QED) is 0.769. The van der Waals surface area contributed by atoms with Crippen molar-refractivity contribution in [2.45, 2.75) is 46.1 Å². The number of piperidine rings is 1. The molecule has 2 aliphatic heterocycles. The van der Waals surface area contributed by atoms with Crippen molar-refractivity contribution < 1.29 is 4.79 Å². The highest BCUT2D eigenvalue weighted by molar-refractivity contribution is 5.81. The van der Waals surface area contributed by atoms with E-state index in [0.717, 1.165) is 58.5 Å². The number of rotatable bonds is 6. The lowest BCUT2D eigenvalue weighted by Gasteiger charge is -2.40. The van der Waals surface area contributed by atoms with Gasteiger partial charge in [-0.05, 0) is 43.6 Å². The van der Waals surface area contributed by atoms with Gasteiger partial charge in [-0.2, -0.15) is 0 Å². The molecule has 0 radical (unpaired) electrons. The van der Waals surface area contributed by atoms with E-state index in [1.165, 1.54) is 12.1 Å². The topological polar surface area (TPSA) is 26.8 Å². The number of carbonyl (C=O) groups excluding carboxylic acids is 1. The van der Waals surface area contributed by atoms with Crippen LogP contribution in [0.2, 0.25) is 0 Å². The summed E-state index contributed by atoms with van der Waals surface area (Å²) in [4.78, 5) is 20.0. The normalized spacial score (nSPS) is 21.6. The average Bonchev–Trinajstić information content (AvgIpc) is 2.68. The third kappa shape index (κ3) is 5.79. The van der Waals surface area contributed by atoms with E-state index in [2.05, 4.69) is 65.8 Å². The summed E-state index contributed by atoms with van der Waals surface area (Å²) in [6, 6.07) is 10.8. The summed E-state index contributed by atoms with van der Waals surface area (Å²) in [7, 11) is 0. The second kappa shape index (κ2) is 9.70. The molecule has 3 rings (SSSR count). The molecule has 0 spiro atoms. The number of likely N-dealkylation sites (tertiary alicyclic amines) is 1. The van der Waals surface area contributed by atoms with Gasteiger partial charge in [-0.1, -0.05) is 44.2 Å². The van der Waals surface area contributed by atoms with E-state index >= 15 is 0 Å². The number of nitrogens with zero attached hydrogens (tertiary/aromatic N) is 3. The van der Waals surface area contributed by atoms with Crippen molar-refractivity contribution in [3.8, 4) is 0 Å². The van der Waals surface area contributed by atoms with E-state index in [-0.39, 0.29) is 6.04 Å². The molecule has 2 saturated heterocycles. The molecule has 4 nitrogen and oxygen atoms in total. The molecule has 0 aromatic heterocycles. The molecule has 2 fully saturated rings. The number of amides is 1. The number of carbonyl (C=O) groups is 1. The number of piperazine rings is 1. The fourth-order valence-electron chi connectivity index (χ4n) is 4.57. The molecular weight excluding hydrogens is 334 g/mol. The Morgan fingerprint density at radius 3 is 2.19 bits per heavy atom. The Bertz CT molecular complexity index is 573. The van der Waals surface area contributed by atoms with Crippen molar-refractivity contribution >= 4 is 5.91 Å². The molecular formula is C23H37N3O. The lowest BCUT2D eigenvalue weighted by atomic mass is 9.90. The summed E-state index contributed by atoms with van der Waals surface area (Å²) in [5, 5.41) is 0. The second-order valence-electron chi connectivity index (χ2n) is 8.86. The van der Waals surface area contributed by atoms with E-state index in [1.54, 1.807) is 0 Å². The van der Waals surface area contributed by atoms with Crippen molar-refractivity contribution in [3.63, 3.8) is 0 Å². The fourth-order valence-corrected chi connectivity index (χ4v) is 4.57. The van der Waals surface area contributed by atoms with Gasteiger partial charge in [0.25, 0.3) is 0 Å². The van der Waals surface area contributed by atoms with Gasteiger partial charge in [-0.25, -0.2) is 0 Å². The number of benzene rings is 1. The zero-order valence-corrected chi connectivity index (χ0v) is 17.4. The summed E-state index contributed by atoms with van der Waals surface area (Å²) >= 11 is 0. The molecule has 1 aromatic rings. The Kier molecular flexibility index (Phi) is 7.31. The van der Waals surface area contributed by atoms with Crippen LogP contribution in [0.25, 0.3) is 0 Å². The number of hydrogen-bond acceptors (Lipinski definition) is 3. The zero-order chi connectivity index (χ0) is 19.2. The van der Waals surface area contributed by atoms with Crippen LogP contribution in [0.3, 0.4) is 0 Å². The molecule has 0 N–H and O–H groups in total. The third-order valence-electron chi connectivity index (χ3n) is 6.23. The summed E-state index contributed by atoms with van der Waals surface area (Å²) in [5.41, 5.74) is 1.43. The first-order valence-electron chi connectivity index (χ1n) is 10.8. The first-order valence-corrected chi connectivity index (χ1v) is 10.8. The minimum atomic E-state index is 0.0249. The molecule has 0 bridgehead atoms. The van der Waals surface area contributed by atoms with Crippen LogP contribution in [-0.2, 0) is 11.2 Å². The minimum Gasteiger partial charge on any atom is -0.341 e. The van der Waals surface area contributed by atoms with Crippen LogP contribution in [0.15, 0.2) is 30.3 Å². The predicted octanol–water partition coefficient (Wildman–Crippen LogP) is 3.13. The van der Waals surface area contributed by atoms with Gasteiger partial charge in [0.05, 0.1) is 6.04 Å². The van der Waals surface area contributed by atoms with Crippen molar-refractivity contribution in [2.24, 2.45) is 11.8 Å². The predicted molar refractivity (Wildman–Crippen MR) is 112 cm³/mol. The first-order chi connectivity index (χ1) is 13.0. The summed E-state index contributed by atoms with van der Waals surface area (Å²) in [5.74, 6) is 1.77. The van der Waals surface area contributed by atoms with Gasteiger partial charge in [0.15, 0.2) is 0 Å². The highest BCUT2D eigenvalue weighted by Crippen LogP contribution is 2.23. The van der Waals surface area contributed by atoms with Gasteiger partial charge in [0.1, 0.15) is 0 Å². The highest BCUT2D eigenvalue weighted by atomic mass is 16.2. The van der Waals surface area contributed by atoms with Crippen LogP contribution in [0, 0.1) is 11.8 Å². The lowest BCUT2D eigenvalue weighted by molar-refractivity contribution is -0.138. The van der Waals surface area contributed by atoms with E-state index in [0.29, 0.717) is 17.7 Å². The van der Waals surface area contributed by atoms with E-state index < -0.39 is 0 Å². The van der Waals surface area contributed by atoms with Crippen molar-refractivity contribution in [2.75, 3.05) is 45.8 Å². The number of hydrogen-bond donors (Lipinski definition) is 0. The van der Waals surface area contributed by atoms with Crippen LogP contribution in [0.1, 0.15) is 39.2 Å². The summed E-state index contributed by atoms with van der Waals surface area (Å²) < 4.78 is 0. The molecule has 2 heterocycles. The van der Waals surface area contributed by atoms with Crippen LogP contribution < -0.4 is 0 Å². The van der Waals surface area contributed by atoms with Crippen LogP contribution in [-0.4, -0.2) is 72.5 Å². The second-order valence-corrected chi connectivity index (χ2v) is 8.86. The Labute approximate surface area is 165 Å². The van der Waals surface area contributed by atoms with Gasteiger partial charge in [-0.15, -0.1) is 0 Å². The zero-order valence-electron chi connectivity index (χ0n) is 17.4. The van der Waals surface area contributed by atoms with Gasteiger partial charge >= 0.3 is 0 Å². The maximum Gasteiger partial charge on any atom is 0.239 e. The van der Waals surface area contributed by atoms with Crippen LogP contribution in [0.4, 0.5) is 0 Å². The smallest absolute Gasteiger partial charge is 0.239 e. The Morgan fingerprint density at radius 1 is 0.963 bits per heavy atom. The monoisotopic (exact) mass is 371 g/mol. The first kappa shape index (κ1) is 20.3. The van der Waals surface area contributed by atoms with E-state index in [9.17, 15) is 4.79 Å². The molecule has 1 amide bonds. The molecule has 2 aliphatic rings. The van der Waals surface area contributed by atoms with Gasteiger partial charge < -0.3 is 9.80 Å². The fraction of sp³-hybridized carbons (Fsp3) is 0.696. The molecule has 0 saturated carbocycles. The maximum absolute atomic E-state index is 13.0. The average molecular weight is 372 g/mol. The molecule has 4 heteroatoms. The SMILES string of the molecule is CC(C)CN1CCN(C(C)C(=O)N2CCC(Cc3ccccc3)CC2)CC1. The lowest BCUT2D eigenvalue weighted by Crippen LogP contribution is -2.55. The Balaban J connectivity index is 1.42. The van der Waals surface area contributed by atoms with Crippen LogP contribution >= 0.6 is 0 Å². The van der Waals surface area contributed by atoms with E-state index in [1.807, 2.05) is 0 Å². The largest absolute Gasteiger partial charge is 0.341 e. The summed E-state index contributed by atoms with van der Waals surface area (Å²) in [6.45, 7) is 13.9. The standard InChI is InChI=1S/C23H37N3O/c1-19(2)18-24-13-15-25(16-14-24)20(3)23(27)26-11-9-22(10-12-26)17-21-7-5-4-6-8-21/h4-8,19-20,22H,9-18H2,1-3H3. The minimum absolute atomic E-state index is 0.0249. The molecule has 1 aromatic carbocycles. The Morgan fingerprint density at radius 2 is 1.59 bits per heavy atom. The van der Waals surface area contributed by atoms with Crippen molar-refractivity contribution in [1.29, 1.82) is 0 Å².